The second-order valence-electron chi connectivity index (χ2n) is 8.15. The Morgan fingerprint density at radius 2 is 2.03 bits per heavy atom. The molecular formula is C22H25ClN3O10P. The number of ether oxygens (including phenoxy) is 2. The topological polar surface area (TPSA) is 168 Å². The van der Waals surface area contributed by atoms with Gasteiger partial charge < -0.3 is 19.1 Å². The summed E-state index contributed by atoms with van der Waals surface area (Å²) in [6.45, 7) is 3.90. The molecular weight excluding hydrogens is 533 g/mol. The summed E-state index contributed by atoms with van der Waals surface area (Å²) in [5, 5.41) is 10.8. The Bertz CT molecular complexity index is 1310. The molecule has 200 valence electrons. The molecule has 1 aromatic heterocycles. The van der Waals surface area contributed by atoms with E-state index >= 15 is 0 Å². The lowest BCUT2D eigenvalue weighted by molar-refractivity contribution is -0.156. The van der Waals surface area contributed by atoms with Crippen molar-refractivity contribution in [1.29, 1.82) is 0 Å². The third-order valence-corrected chi connectivity index (χ3v) is 6.99. The van der Waals surface area contributed by atoms with Gasteiger partial charge in [0.15, 0.2) is 17.2 Å². The standard InChI is InChI=1S/C22H25ClN3O10P/c1-5-22(23)17(27)16(34-19(22)26-12-24-20(29)25-21(26)30)11-32-37(31,36-15-9-7-6-8-10-15)35-14(4)18(28)33-13(2)3/h1,6-10,12-14,16-17,19,27H,11H2,2-4H3,(H,25,29,30)/t14-,16+,17-,19+,22?,37?/m0/s1. The zero-order valence-electron chi connectivity index (χ0n) is 20.0. The van der Waals surface area contributed by atoms with Crippen molar-refractivity contribution in [2.45, 2.75) is 56.3 Å². The first-order valence-electron chi connectivity index (χ1n) is 10.9. The van der Waals surface area contributed by atoms with E-state index in [9.17, 15) is 24.1 Å². The molecule has 2 aromatic rings. The highest BCUT2D eigenvalue weighted by atomic mass is 35.5. The number of benzene rings is 1. The number of phosphoric ester groups is 1. The fourth-order valence-corrected chi connectivity index (χ4v) is 4.89. The number of aliphatic hydroxyl groups excluding tert-OH is 1. The summed E-state index contributed by atoms with van der Waals surface area (Å²) in [5.41, 5.74) is -1.86. The predicted molar refractivity (Wildman–Crippen MR) is 129 cm³/mol. The number of aromatic nitrogens is 3. The zero-order chi connectivity index (χ0) is 27.4. The van der Waals surface area contributed by atoms with Gasteiger partial charge in [0.2, 0.25) is 0 Å². The van der Waals surface area contributed by atoms with Gasteiger partial charge in [0.25, 0.3) is 0 Å². The number of aliphatic hydroxyl groups is 1. The molecule has 13 nitrogen and oxygen atoms in total. The van der Waals surface area contributed by atoms with E-state index in [2.05, 4.69) is 10.9 Å². The first-order chi connectivity index (χ1) is 17.4. The Balaban J connectivity index is 1.84. The van der Waals surface area contributed by atoms with Crippen molar-refractivity contribution in [2.75, 3.05) is 6.61 Å². The van der Waals surface area contributed by atoms with Gasteiger partial charge >= 0.3 is 25.2 Å². The number of alkyl halides is 1. The third-order valence-electron chi connectivity index (χ3n) is 5.00. The van der Waals surface area contributed by atoms with Gasteiger partial charge in [-0.2, -0.15) is 4.98 Å². The number of rotatable bonds is 10. The molecule has 1 aromatic carbocycles. The van der Waals surface area contributed by atoms with E-state index in [1.807, 2.05) is 4.98 Å². The van der Waals surface area contributed by atoms with Crippen LogP contribution in [0.4, 0.5) is 0 Å². The van der Waals surface area contributed by atoms with Crippen LogP contribution in [-0.2, 0) is 27.9 Å². The molecule has 15 heteroatoms. The molecule has 1 aliphatic rings. The maximum Gasteiger partial charge on any atom is 0.530 e. The Labute approximate surface area is 216 Å². The average Bonchev–Trinajstić information content (AvgIpc) is 3.08. The number of aromatic amines is 1. The van der Waals surface area contributed by atoms with Crippen LogP contribution in [0.2, 0.25) is 0 Å². The van der Waals surface area contributed by atoms with Crippen LogP contribution in [0.1, 0.15) is 27.0 Å². The highest BCUT2D eigenvalue weighted by molar-refractivity contribution is 7.49. The monoisotopic (exact) mass is 557 g/mol. The quantitative estimate of drug-likeness (QED) is 0.187. The average molecular weight is 558 g/mol. The van der Waals surface area contributed by atoms with Crippen LogP contribution >= 0.6 is 19.4 Å². The molecule has 0 saturated carbocycles. The van der Waals surface area contributed by atoms with Gasteiger partial charge in [-0.25, -0.2) is 18.9 Å². The molecule has 2 unspecified atom stereocenters. The number of halogens is 1. The van der Waals surface area contributed by atoms with Crippen LogP contribution in [0.15, 0.2) is 46.2 Å². The van der Waals surface area contributed by atoms with E-state index in [1.165, 1.54) is 19.1 Å². The van der Waals surface area contributed by atoms with Gasteiger partial charge in [0.05, 0.1) is 12.7 Å². The molecule has 0 aliphatic carbocycles. The molecule has 2 heterocycles. The fraction of sp³-hybridized carbons (Fsp3) is 0.455. The Morgan fingerprint density at radius 1 is 1.35 bits per heavy atom. The fourth-order valence-electron chi connectivity index (χ4n) is 3.25. The maximum absolute atomic E-state index is 13.5. The van der Waals surface area contributed by atoms with E-state index in [0.717, 1.165) is 10.9 Å². The van der Waals surface area contributed by atoms with Crippen molar-refractivity contribution in [3.05, 3.63) is 57.6 Å². The zero-order valence-corrected chi connectivity index (χ0v) is 21.6. The lowest BCUT2D eigenvalue weighted by atomic mass is 10.00. The largest absolute Gasteiger partial charge is 0.530 e. The Hall–Kier alpha value is -2.98. The number of esters is 1. The summed E-state index contributed by atoms with van der Waals surface area (Å²) in [6, 6.07) is 7.86. The molecule has 0 spiro atoms. The number of phosphoric acid groups is 1. The van der Waals surface area contributed by atoms with Gasteiger partial charge in [-0.1, -0.05) is 35.7 Å². The molecule has 6 atom stereocenters. The minimum atomic E-state index is -4.55. The summed E-state index contributed by atoms with van der Waals surface area (Å²) in [4.78, 5) is 39.2. The number of hydrogen-bond donors (Lipinski definition) is 2. The van der Waals surface area contributed by atoms with Crippen LogP contribution in [0.5, 0.6) is 5.75 Å². The first kappa shape index (κ1) is 28.6. The van der Waals surface area contributed by atoms with Crippen molar-refractivity contribution >= 4 is 25.4 Å². The van der Waals surface area contributed by atoms with Crippen molar-refractivity contribution in [2.24, 2.45) is 0 Å². The maximum atomic E-state index is 13.5. The summed E-state index contributed by atoms with van der Waals surface area (Å²) in [6.07, 6.45) is 0.0579. The molecule has 0 amide bonds. The third kappa shape index (κ3) is 6.67. The van der Waals surface area contributed by atoms with Crippen LogP contribution < -0.4 is 15.9 Å². The van der Waals surface area contributed by atoms with E-state index in [1.54, 1.807) is 32.0 Å². The molecule has 0 bridgehead atoms. The molecule has 2 N–H and O–H groups in total. The van der Waals surface area contributed by atoms with Gasteiger partial charge in [0.1, 0.15) is 24.3 Å². The Kier molecular flexibility index (Phi) is 8.96. The lowest BCUT2D eigenvalue weighted by Gasteiger charge is -2.25. The highest BCUT2D eigenvalue weighted by Gasteiger charge is 2.56. The second kappa shape index (κ2) is 11.6. The number of para-hydroxylation sites is 1. The number of hydrogen-bond acceptors (Lipinski definition) is 11. The van der Waals surface area contributed by atoms with Crippen LogP contribution in [-0.4, -0.2) is 61.5 Å². The highest BCUT2D eigenvalue weighted by Crippen LogP contribution is 2.52. The summed E-state index contributed by atoms with van der Waals surface area (Å²) in [7, 11) is -4.55. The molecule has 1 saturated heterocycles. The minimum Gasteiger partial charge on any atom is -0.461 e. The van der Waals surface area contributed by atoms with Gasteiger partial charge in [0, 0.05) is 0 Å². The van der Waals surface area contributed by atoms with Gasteiger partial charge in [-0.15, -0.1) is 6.42 Å². The minimum absolute atomic E-state index is 0.0993. The number of carbonyl (C=O) groups is 1. The van der Waals surface area contributed by atoms with E-state index < -0.39 is 67.3 Å². The number of nitrogens with one attached hydrogen (secondary N) is 1. The number of terminal acetylenes is 1. The lowest BCUT2D eigenvalue weighted by Crippen LogP contribution is -2.44. The molecule has 0 radical (unpaired) electrons. The SMILES string of the molecule is C#CC1(Cl)[C@@H](O)[C@@H](COP(=O)(Oc2ccccc2)O[C@@H](C)C(=O)OC(C)C)O[C@H]1n1cnc(=O)[nH]c1=O. The normalized spacial score (nSPS) is 25.7. The Morgan fingerprint density at radius 3 is 2.62 bits per heavy atom. The van der Waals surface area contributed by atoms with Gasteiger partial charge in [-0.3, -0.25) is 18.6 Å². The van der Waals surface area contributed by atoms with Crippen LogP contribution in [0.25, 0.3) is 0 Å². The summed E-state index contributed by atoms with van der Waals surface area (Å²) < 4.78 is 41.2. The molecule has 1 fully saturated rings. The van der Waals surface area contributed by atoms with Crippen molar-refractivity contribution in [1.82, 2.24) is 14.5 Å². The number of H-pyrrole nitrogens is 1. The number of carbonyl (C=O) groups excluding carboxylic acids is 1. The van der Waals surface area contributed by atoms with Crippen molar-refractivity contribution < 1.29 is 37.5 Å². The predicted octanol–water partition coefficient (Wildman–Crippen LogP) is 1.36. The van der Waals surface area contributed by atoms with E-state index in [0.29, 0.717) is 0 Å². The summed E-state index contributed by atoms with van der Waals surface area (Å²) in [5.74, 6) is 1.46. The van der Waals surface area contributed by atoms with Gasteiger partial charge in [-0.05, 0) is 32.9 Å². The van der Waals surface area contributed by atoms with E-state index in [-0.39, 0.29) is 5.75 Å². The molecule has 37 heavy (non-hydrogen) atoms. The first-order valence-corrected chi connectivity index (χ1v) is 12.8. The molecule has 1 aliphatic heterocycles. The second-order valence-corrected chi connectivity index (χ2v) is 10.3. The van der Waals surface area contributed by atoms with Crippen LogP contribution in [0, 0.1) is 12.3 Å². The summed E-state index contributed by atoms with van der Waals surface area (Å²) >= 11 is 6.43. The smallest absolute Gasteiger partial charge is 0.461 e. The molecule has 3 rings (SSSR count). The number of nitrogens with zero attached hydrogens (tertiary/aromatic N) is 2. The van der Waals surface area contributed by atoms with Crippen molar-refractivity contribution in [3.63, 3.8) is 0 Å². The van der Waals surface area contributed by atoms with E-state index in [4.69, 9.17) is 41.1 Å². The van der Waals surface area contributed by atoms with Crippen molar-refractivity contribution in [3.8, 4) is 18.1 Å². The van der Waals surface area contributed by atoms with Crippen LogP contribution in [0.3, 0.4) is 0 Å².